The SMILES string of the molecule is Cc1cc2cc(Cc3cc(C(=O)NCc4cc5c(C)c[nH]c5cc4P)ccn3)cc(S(C)(=O)=O)c2cn1. The number of benzene rings is 2. The molecule has 0 spiro atoms. The Hall–Kier alpha value is -3.61. The Kier molecular flexibility index (Phi) is 6.56. The van der Waals surface area contributed by atoms with E-state index in [1.165, 1.54) is 6.26 Å². The molecule has 5 aromatic rings. The Morgan fingerprint density at radius 3 is 2.65 bits per heavy atom. The number of fused-ring (bicyclic) bond motifs is 2. The van der Waals surface area contributed by atoms with Crippen LogP contribution in [-0.2, 0) is 22.8 Å². The van der Waals surface area contributed by atoms with E-state index in [-0.39, 0.29) is 10.8 Å². The molecule has 2 aromatic carbocycles. The first-order valence-corrected chi connectivity index (χ1v) is 14.2. The number of carbonyl (C=O) groups excluding carboxylic acids is 1. The summed E-state index contributed by atoms with van der Waals surface area (Å²) < 4.78 is 24.9. The summed E-state index contributed by atoms with van der Waals surface area (Å²) in [6, 6.07) is 13.1. The quantitative estimate of drug-likeness (QED) is 0.321. The fraction of sp³-hybridized carbons (Fsp3) is 0.179. The van der Waals surface area contributed by atoms with Crippen molar-refractivity contribution >= 4 is 52.0 Å². The topological polar surface area (TPSA) is 105 Å². The number of H-pyrrole nitrogens is 1. The van der Waals surface area contributed by atoms with Crippen molar-refractivity contribution in [2.24, 2.45) is 0 Å². The van der Waals surface area contributed by atoms with E-state index in [0.717, 1.165) is 44.0 Å². The number of nitrogens with one attached hydrogen (secondary N) is 2. The highest BCUT2D eigenvalue weighted by Crippen LogP contribution is 2.26. The Bertz CT molecular complexity index is 1790. The first-order chi connectivity index (χ1) is 17.6. The zero-order valence-corrected chi connectivity index (χ0v) is 22.8. The summed E-state index contributed by atoms with van der Waals surface area (Å²) in [5, 5.41) is 6.57. The fourth-order valence-corrected chi connectivity index (χ4v) is 5.82. The maximum atomic E-state index is 13.0. The number of sulfone groups is 1. The molecule has 0 saturated heterocycles. The predicted molar refractivity (Wildman–Crippen MR) is 150 cm³/mol. The van der Waals surface area contributed by atoms with Crippen LogP contribution in [0.1, 0.15) is 38.4 Å². The molecule has 1 amide bonds. The largest absolute Gasteiger partial charge is 0.361 e. The van der Waals surface area contributed by atoms with Gasteiger partial charge < -0.3 is 10.3 Å². The van der Waals surface area contributed by atoms with Crippen LogP contribution in [-0.4, -0.2) is 35.5 Å². The molecule has 0 aliphatic heterocycles. The molecule has 0 aliphatic carbocycles. The van der Waals surface area contributed by atoms with E-state index in [4.69, 9.17) is 0 Å². The van der Waals surface area contributed by atoms with Crippen molar-refractivity contribution in [3.8, 4) is 0 Å². The molecular formula is C28H27N4O3PS. The minimum Gasteiger partial charge on any atom is -0.361 e. The van der Waals surface area contributed by atoms with E-state index >= 15 is 0 Å². The highest BCUT2D eigenvalue weighted by molar-refractivity contribution is 7.91. The number of carbonyl (C=O) groups is 1. The molecule has 37 heavy (non-hydrogen) atoms. The van der Waals surface area contributed by atoms with Crippen LogP contribution < -0.4 is 10.6 Å². The number of aromatic nitrogens is 3. The van der Waals surface area contributed by atoms with Crippen LogP contribution in [0.4, 0.5) is 0 Å². The molecule has 188 valence electrons. The fourth-order valence-electron chi connectivity index (χ4n) is 4.53. The van der Waals surface area contributed by atoms with Gasteiger partial charge in [0.05, 0.1) is 4.90 Å². The van der Waals surface area contributed by atoms with E-state index < -0.39 is 9.84 Å². The molecule has 0 saturated carbocycles. The number of amides is 1. The first kappa shape index (κ1) is 25.1. The molecule has 0 aliphatic rings. The predicted octanol–water partition coefficient (Wildman–Crippen LogP) is 4.15. The monoisotopic (exact) mass is 530 g/mol. The maximum Gasteiger partial charge on any atom is 0.251 e. The van der Waals surface area contributed by atoms with E-state index in [2.05, 4.69) is 48.6 Å². The molecule has 3 heterocycles. The molecule has 0 radical (unpaired) electrons. The van der Waals surface area contributed by atoms with Crippen LogP contribution in [0.3, 0.4) is 0 Å². The Balaban J connectivity index is 1.38. The standard InChI is InChI=1S/C28H27N4O3PS/c1-16-13-31-25-12-26(36)21(11-23(16)25)14-32-28(33)19-4-5-29-22(10-19)8-18-7-20-6-17(2)30-15-24(20)27(9-18)37(3,34)35/h4-7,9-13,15,31H,8,14,36H2,1-3H3,(H,32,33). The van der Waals surface area contributed by atoms with Gasteiger partial charge in [-0.05, 0) is 77.6 Å². The van der Waals surface area contributed by atoms with Gasteiger partial charge in [-0.25, -0.2) is 8.42 Å². The molecule has 1 unspecified atom stereocenters. The van der Waals surface area contributed by atoms with E-state index in [1.807, 2.05) is 25.3 Å². The van der Waals surface area contributed by atoms with Crippen LogP contribution in [0.15, 0.2) is 66.0 Å². The molecule has 3 aromatic heterocycles. The van der Waals surface area contributed by atoms with Gasteiger partial charge in [0.25, 0.3) is 5.91 Å². The third-order valence-corrected chi connectivity index (χ3v) is 8.12. The number of rotatable bonds is 6. The third-order valence-electron chi connectivity index (χ3n) is 6.45. The summed E-state index contributed by atoms with van der Waals surface area (Å²) in [6.07, 6.45) is 6.77. The lowest BCUT2D eigenvalue weighted by atomic mass is 10.0. The van der Waals surface area contributed by atoms with Gasteiger partial charge in [-0.1, -0.05) is 6.07 Å². The van der Waals surface area contributed by atoms with Gasteiger partial charge in [0, 0.05) is 71.1 Å². The summed E-state index contributed by atoms with van der Waals surface area (Å²) in [5.74, 6) is -0.198. The highest BCUT2D eigenvalue weighted by atomic mass is 32.2. The van der Waals surface area contributed by atoms with Gasteiger partial charge in [0.1, 0.15) is 0 Å². The second-order valence-corrected chi connectivity index (χ2v) is 12.0. The van der Waals surface area contributed by atoms with Crippen LogP contribution in [0.25, 0.3) is 21.7 Å². The van der Waals surface area contributed by atoms with Crippen molar-refractivity contribution < 1.29 is 13.2 Å². The van der Waals surface area contributed by atoms with E-state index in [0.29, 0.717) is 29.6 Å². The van der Waals surface area contributed by atoms with Crippen molar-refractivity contribution in [2.45, 2.75) is 31.7 Å². The molecule has 2 N–H and O–H groups in total. The van der Waals surface area contributed by atoms with Gasteiger partial charge in [0.2, 0.25) is 0 Å². The van der Waals surface area contributed by atoms with Gasteiger partial charge in [-0.15, -0.1) is 9.24 Å². The normalized spacial score (nSPS) is 11.8. The van der Waals surface area contributed by atoms with Gasteiger partial charge >= 0.3 is 0 Å². The summed E-state index contributed by atoms with van der Waals surface area (Å²) in [7, 11) is -0.729. The van der Waals surface area contributed by atoms with Crippen LogP contribution >= 0.6 is 9.24 Å². The van der Waals surface area contributed by atoms with Crippen LogP contribution in [0.5, 0.6) is 0 Å². The second kappa shape index (κ2) is 9.69. The number of pyridine rings is 2. The Labute approximate surface area is 217 Å². The second-order valence-electron chi connectivity index (χ2n) is 9.38. The van der Waals surface area contributed by atoms with Crippen LogP contribution in [0, 0.1) is 13.8 Å². The molecule has 7 nitrogen and oxygen atoms in total. The number of nitrogens with zero attached hydrogens (tertiary/aromatic N) is 2. The Morgan fingerprint density at radius 1 is 1.05 bits per heavy atom. The van der Waals surface area contributed by atoms with Crippen molar-refractivity contribution in [3.63, 3.8) is 0 Å². The lowest BCUT2D eigenvalue weighted by Gasteiger charge is -2.11. The molecular weight excluding hydrogens is 503 g/mol. The summed E-state index contributed by atoms with van der Waals surface area (Å²) in [4.78, 5) is 25.2. The highest BCUT2D eigenvalue weighted by Gasteiger charge is 2.16. The number of aromatic amines is 1. The van der Waals surface area contributed by atoms with Crippen molar-refractivity contribution in [3.05, 3.63) is 94.7 Å². The summed E-state index contributed by atoms with van der Waals surface area (Å²) in [6.45, 7) is 4.31. The number of hydrogen-bond donors (Lipinski definition) is 2. The molecule has 5 rings (SSSR count). The maximum absolute atomic E-state index is 13.0. The molecule has 0 fully saturated rings. The first-order valence-electron chi connectivity index (χ1n) is 11.8. The summed E-state index contributed by atoms with van der Waals surface area (Å²) >= 11 is 0. The smallest absolute Gasteiger partial charge is 0.251 e. The number of aryl methyl sites for hydroxylation is 2. The summed E-state index contributed by atoms with van der Waals surface area (Å²) in [5.41, 5.74) is 6.02. The van der Waals surface area contributed by atoms with Gasteiger partial charge in [-0.3, -0.25) is 14.8 Å². The Morgan fingerprint density at radius 2 is 1.86 bits per heavy atom. The zero-order valence-electron chi connectivity index (χ0n) is 20.8. The van der Waals surface area contributed by atoms with Crippen LogP contribution in [0.2, 0.25) is 0 Å². The van der Waals surface area contributed by atoms with Gasteiger partial charge in [-0.2, -0.15) is 0 Å². The van der Waals surface area contributed by atoms with E-state index in [1.54, 1.807) is 30.6 Å². The minimum absolute atomic E-state index is 0.198. The third kappa shape index (κ3) is 5.26. The average Bonchev–Trinajstić information content (AvgIpc) is 3.20. The molecule has 0 bridgehead atoms. The molecule has 9 heteroatoms. The lowest BCUT2D eigenvalue weighted by molar-refractivity contribution is 0.0951. The lowest BCUT2D eigenvalue weighted by Crippen LogP contribution is -2.25. The van der Waals surface area contributed by atoms with E-state index in [9.17, 15) is 13.2 Å². The van der Waals surface area contributed by atoms with Gasteiger partial charge in [0.15, 0.2) is 9.84 Å². The van der Waals surface area contributed by atoms with Crippen molar-refractivity contribution in [2.75, 3.05) is 6.26 Å². The minimum atomic E-state index is -3.46. The van der Waals surface area contributed by atoms with Crippen molar-refractivity contribution in [1.82, 2.24) is 20.3 Å². The number of hydrogen-bond acceptors (Lipinski definition) is 5. The average molecular weight is 531 g/mol. The zero-order chi connectivity index (χ0) is 26.3. The molecule has 1 atom stereocenters. The van der Waals surface area contributed by atoms with Crippen molar-refractivity contribution in [1.29, 1.82) is 0 Å².